The van der Waals surface area contributed by atoms with Crippen LogP contribution in [-0.4, -0.2) is 47.2 Å². The van der Waals surface area contributed by atoms with Crippen LogP contribution in [0.3, 0.4) is 0 Å². The molecule has 1 aliphatic rings. The summed E-state index contributed by atoms with van der Waals surface area (Å²) in [5.74, 6) is 0.405. The first kappa shape index (κ1) is 14.5. The molecule has 6 heteroatoms. The molecule has 0 bridgehead atoms. The zero-order chi connectivity index (χ0) is 15.5. The molecule has 0 radical (unpaired) electrons. The number of hydrogen-bond donors (Lipinski definition) is 4. The van der Waals surface area contributed by atoms with Gasteiger partial charge in [-0.25, -0.2) is 4.98 Å². The Kier molecular flexibility index (Phi) is 4.04. The molecule has 2 heterocycles. The fourth-order valence-electron chi connectivity index (χ4n) is 2.42. The Bertz CT molecular complexity index is 755. The molecule has 0 amide bonds. The summed E-state index contributed by atoms with van der Waals surface area (Å²) in [4.78, 5) is 8.56. The number of allylic oxidation sites excluding steroid dienone is 1. The highest BCUT2D eigenvalue weighted by Crippen LogP contribution is 2.28. The minimum atomic E-state index is -0.815. The van der Waals surface area contributed by atoms with Crippen molar-refractivity contribution < 1.29 is 10.2 Å². The van der Waals surface area contributed by atoms with E-state index in [9.17, 15) is 5.11 Å². The Morgan fingerprint density at radius 3 is 2.91 bits per heavy atom. The number of aliphatic hydroxyl groups excluding tert-OH is 2. The lowest BCUT2D eigenvalue weighted by Crippen LogP contribution is -2.23. The molecule has 0 aliphatic carbocycles. The van der Waals surface area contributed by atoms with Crippen molar-refractivity contribution in [1.29, 1.82) is 0 Å². The van der Waals surface area contributed by atoms with Gasteiger partial charge < -0.3 is 21.3 Å². The van der Waals surface area contributed by atoms with Crippen LogP contribution in [0.2, 0.25) is 0 Å². The van der Waals surface area contributed by atoms with Gasteiger partial charge in [-0.05, 0) is 23.3 Å². The van der Waals surface area contributed by atoms with Crippen LogP contribution in [0.25, 0.3) is 16.5 Å². The second kappa shape index (κ2) is 6.13. The number of hydrogen-bond acceptors (Lipinski definition) is 6. The van der Waals surface area contributed by atoms with Gasteiger partial charge in [0.05, 0.1) is 24.8 Å². The van der Waals surface area contributed by atoms with Gasteiger partial charge in [0.15, 0.2) is 0 Å². The summed E-state index contributed by atoms with van der Waals surface area (Å²) in [7, 11) is 0. The monoisotopic (exact) mass is 298 g/mol. The maximum absolute atomic E-state index is 9.47. The van der Waals surface area contributed by atoms with Crippen LogP contribution in [0, 0.1) is 0 Å². The first-order valence-electron chi connectivity index (χ1n) is 7.10. The number of nitrogens with two attached hydrogens (primary N) is 1. The van der Waals surface area contributed by atoms with E-state index >= 15 is 0 Å². The van der Waals surface area contributed by atoms with E-state index in [-0.39, 0.29) is 13.2 Å². The number of nitrogens with one attached hydrogen (secondary N) is 1. The Labute approximate surface area is 128 Å². The van der Waals surface area contributed by atoms with Gasteiger partial charge in [-0.15, -0.1) is 0 Å². The topological polar surface area (TPSA) is 104 Å². The molecule has 0 saturated heterocycles. The van der Waals surface area contributed by atoms with Crippen LogP contribution in [0.1, 0.15) is 5.56 Å². The zero-order valence-electron chi connectivity index (χ0n) is 12.0. The van der Waals surface area contributed by atoms with Crippen molar-refractivity contribution in [3.05, 3.63) is 35.9 Å². The summed E-state index contributed by atoms with van der Waals surface area (Å²) in [5.41, 5.74) is 9.66. The first-order chi connectivity index (χ1) is 10.7. The summed E-state index contributed by atoms with van der Waals surface area (Å²) in [6, 6.07) is 7.71. The van der Waals surface area contributed by atoms with Gasteiger partial charge in [0, 0.05) is 29.9 Å². The molecule has 0 saturated carbocycles. The number of anilines is 2. The molecule has 0 fully saturated rings. The zero-order valence-corrected chi connectivity index (χ0v) is 12.0. The molecule has 114 valence electrons. The van der Waals surface area contributed by atoms with E-state index in [2.05, 4.69) is 15.3 Å². The average molecular weight is 298 g/mol. The Hall–Kier alpha value is -2.44. The summed E-state index contributed by atoms with van der Waals surface area (Å²) >= 11 is 0. The average Bonchev–Trinajstić information content (AvgIpc) is 3.05. The Morgan fingerprint density at radius 1 is 1.32 bits per heavy atom. The van der Waals surface area contributed by atoms with E-state index in [1.807, 2.05) is 24.3 Å². The number of benzene rings is 1. The fourth-order valence-corrected chi connectivity index (χ4v) is 2.42. The number of pyridine rings is 1. The minimum absolute atomic E-state index is 0.246. The quantitative estimate of drug-likeness (QED) is 0.660. The van der Waals surface area contributed by atoms with Gasteiger partial charge >= 0.3 is 0 Å². The van der Waals surface area contributed by atoms with Gasteiger partial charge in [-0.3, -0.25) is 4.99 Å². The van der Waals surface area contributed by atoms with Crippen molar-refractivity contribution in [2.75, 3.05) is 30.7 Å². The summed E-state index contributed by atoms with van der Waals surface area (Å²) in [6.45, 7) is 0.640. The number of aromatic nitrogens is 1. The molecule has 1 aliphatic heterocycles. The highest BCUT2D eigenvalue weighted by Gasteiger charge is 2.10. The molecule has 3 rings (SSSR count). The number of nitrogen functional groups attached to an aromatic ring is 1. The Morgan fingerprint density at radius 2 is 2.18 bits per heavy atom. The van der Waals surface area contributed by atoms with E-state index in [0.717, 1.165) is 27.7 Å². The summed E-state index contributed by atoms with van der Waals surface area (Å²) in [5, 5.41) is 22.4. The first-order valence-corrected chi connectivity index (χ1v) is 7.10. The van der Waals surface area contributed by atoms with Crippen molar-refractivity contribution in [3.63, 3.8) is 0 Å². The molecular formula is C16H18N4O2. The summed E-state index contributed by atoms with van der Waals surface area (Å²) < 4.78 is 0. The van der Waals surface area contributed by atoms with Crippen LogP contribution >= 0.6 is 0 Å². The van der Waals surface area contributed by atoms with Crippen LogP contribution in [0.5, 0.6) is 0 Å². The lowest BCUT2D eigenvalue weighted by Gasteiger charge is -2.14. The third-order valence-electron chi connectivity index (χ3n) is 3.58. The van der Waals surface area contributed by atoms with Crippen molar-refractivity contribution in [2.24, 2.45) is 4.99 Å². The highest BCUT2D eigenvalue weighted by molar-refractivity contribution is 5.96. The van der Waals surface area contributed by atoms with Gasteiger partial charge in [-0.1, -0.05) is 12.1 Å². The molecule has 6 nitrogen and oxygen atoms in total. The largest absolute Gasteiger partial charge is 0.394 e. The van der Waals surface area contributed by atoms with Gasteiger partial charge in [0.25, 0.3) is 0 Å². The second-order valence-electron chi connectivity index (χ2n) is 5.23. The smallest absolute Gasteiger partial charge is 0.126 e. The molecule has 0 unspecified atom stereocenters. The predicted octanol–water partition coefficient (Wildman–Crippen LogP) is 1.05. The molecule has 22 heavy (non-hydrogen) atoms. The molecule has 0 spiro atoms. The van der Waals surface area contributed by atoms with Crippen molar-refractivity contribution >= 4 is 34.2 Å². The van der Waals surface area contributed by atoms with Crippen LogP contribution in [-0.2, 0) is 0 Å². The second-order valence-corrected chi connectivity index (χ2v) is 5.23. The van der Waals surface area contributed by atoms with Gasteiger partial charge in [-0.2, -0.15) is 0 Å². The molecular weight excluding hydrogens is 280 g/mol. The number of nitrogens with zero attached hydrogens (tertiary/aromatic N) is 2. The highest BCUT2D eigenvalue weighted by atomic mass is 16.3. The third-order valence-corrected chi connectivity index (χ3v) is 3.58. The van der Waals surface area contributed by atoms with E-state index in [0.29, 0.717) is 12.4 Å². The summed E-state index contributed by atoms with van der Waals surface area (Å²) in [6.07, 6.45) is 2.98. The van der Waals surface area contributed by atoms with Crippen LogP contribution < -0.4 is 11.1 Å². The maximum Gasteiger partial charge on any atom is 0.126 e. The molecule has 1 aromatic heterocycles. The van der Waals surface area contributed by atoms with E-state index < -0.39 is 6.10 Å². The lowest BCUT2D eigenvalue weighted by atomic mass is 10.0. The minimum Gasteiger partial charge on any atom is -0.394 e. The van der Waals surface area contributed by atoms with Crippen molar-refractivity contribution in [1.82, 2.24) is 4.98 Å². The normalized spacial score (nSPS) is 15.1. The molecule has 2 aromatic rings. The SMILES string of the molecule is Nc1cc(NC[C@H](O)CO)c2ccc(C3=CC=NC3)cc2n1. The molecule has 5 N–H and O–H groups in total. The van der Waals surface area contributed by atoms with Crippen molar-refractivity contribution in [2.45, 2.75) is 6.10 Å². The molecule has 1 aromatic carbocycles. The number of rotatable bonds is 5. The number of aliphatic imine (C=N–C) groups is 1. The number of fused-ring (bicyclic) bond motifs is 1. The lowest BCUT2D eigenvalue weighted by molar-refractivity contribution is 0.105. The van der Waals surface area contributed by atoms with Gasteiger partial charge in [0.2, 0.25) is 0 Å². The van der Waals surface area contributed by atoms with Gasteiger partial charge in [0.1, 0.15) is 5.82 Å². The number of aliphatic hydroxyl groups is 2. The van der Waals surface area contributed by atoms with E-state index in [1.54, 1.807) is 12.3 Å². The van der Waals surface area contributed by atoms with Crippen LogP contribution in [0.15, 0.2) is 35.3 Å². The predicted molar refractivity (Wildman–Crippen MR) is 89.1 cm³/mol. The fraction of sp³-hybridized carbons (Fsp3) is 0.250. The Balaban J connectivity index is 1.95. The standard InChI is InChI=1S/C16H18N4O2/c17-16-6-14(19-8-12(22)9-21)13-2-1-10(5-15(13)20-16)11-3-4-18-7-11/h1-6,12,21-22H,7-9H2,(H3,17,19,20)/t12-/m0/s1. The molecule has 1 atom stereocenters. The van der Waals surface area contributed by atoms with Crippen molar-refractivity contribution in [3.8, 4) is 0 Å². The van der Waals surface area contributed by atoms with Crippen LogP contribution in [0.4, 0.5) is 11.5 Å². The van der Waals surface area contributed by atoms with E-state index in [1.165, 1.54) is 0 Å². The third kappa shape index (κ3) is 2.93. The van der Waals surface area contributed by atoms with E-state index in [4.69, 9.17) is 10.8 Å². The maximum atomic E-state index is 9.47.